The van der Waals surface area contributed by atoms with Crippen LogP contribution in [-0.2, 0) is 30.4 Å². The van der Waals surface area contributed by atoms with Gasteiger partial charge in [0.1, 0.15) is 30.4 Å². The van der Waals surface area contributed by atoms with Crippen LogP contribution in [0.1, 0.15) is 0 Å². The largest absolute Gasteiger partial charge is 3.00 e. The molecule has 0 fully saturated rings. The standard InChI is InChI=1S/3CH3FO3S.Tb/c3*2-1-6(3,4)5;/h3*1H2,(H,3,4,5);/q;;;+3/p-3. The summed E-state index contributed by atoms with van der Waals surface area (Å²) in [7, 11) is -13.7. The zero-order valence-corrected chi connectivity index (χ0v) is 13.1. The maximum absolute atomic E-state index is 10.6. The van der Waals surface area contributed by atoms with E-state index >= 15 is 0 Å². The van der Waals surface area contributed by atoms with Crippen molar-refractivity contribution in [2.75, 3.05) is 18.0 Å². The summed E-state index contributed by atoms with van der Waals surface area (Å²) in [5, 5.41) is 0. The molecule has 0 bridgehead atoms. The van der Waals surface area contributed by atoms with Crippen LogP contribution >= 0.6 is 0 Å². The Labute approximate surface area is 138 Å². The predicted molar refractivity (Wildman–Crippen MR) is 47.0 cm³/mol. The van der Waals surface area contributed by atoms with Crippen molar-refractivity contribution in [2.24, 2.45) is 0 Å². The van der Waals surface area contributed by atoms with E-state index in [0.717, 1.165) is 0 Å². The van der Waals surface area contributed by atoms with Crippen LogP contribution in [0, 0.1) is 38.6 Å². The summed E-state index contributed by atoms with van der Waals surface area (Å²) in [5.41, 5.74) is 0. The molecule has 0 aliphatic heterocycles. The van der Waals surface area contributed by atoms with Gasteiger partial charge in [0, 0.05) is 0 Å². The van der Waals surface area contributed by atoms with Gasteiger partial charge in [-0.25, -0.2) is 38.4 Å². The molecule has 120 valence electrons. The summed E-state index contributed by atoms with van der Waals surface area (Å²) in [5.74, 6) is 0. The quantitative estimate of drug-likeness (QED) is 0.415. The van der Waals surface area contributed by atoms with Gasteiger partial charge in [0.2, 0.25) is 0 Å². The van der Waals surface area contributed by atoms with E-state index in [1.807, 2.05) is 0 Å². The van der Waals surface area contributed by atoms with Gasteiger partial charge < -0.3 is 13.7 Å². The van der Waals surface area contributed by atoms with Crippen LogP contribution in [0.3, 0.4) is 0 Å². The normalized spacial score (nSPS) is 11.1. The van der Waals surface area contributed by atoms with Crippen molar-refractivity contribution in [2.45, 2.75) is 0 Å². The van der Waals surface area contributed by atoms with Crippen LogP contribution in [0.4, 0.5) is 13.2 Å². The molecule has 0 atom stereocenters. The Morgan fingerprint density at radius 1 is 0.579 bits per heavy atom. The van der Waals surface area contributed by atoms with Crippen LogP contribution < -0.4 is 0 Å². The third-order valence-corrected chi connectivity index (χ3v) is 1.20. The molecule has 0 N–H and O–H groups in total. The minimum atomic E-state index is -4.58. The van der Waals surface area contributed by atoms with Crippen molar-refractivity contribution in [3.63, 3.8) is 0 Å². The molecule has 19 heavy (non-hydrogen) atoms. The van der Waals surface area contributed by atoms with Crippen molar-refractivity contribution >= 4 is 30.4 Å². The molecule has 0 aliphatic carbocycles. The number of hydrogen-bond acceptors (Lipinski definition) is 9. The molecule has 0 aromatic rings. The van der Waals surface area contributed by atoms with Gasteiger partial charge in [-0.2, -0.15) is 0 Å². The van der Waals surface area contributed by atoms with Gasteiger partial charge in [-0.1, -0.05) is 0 Å². The number of rotatable bonds is 3. The predicted octanol–water partition coefficient (Wildman–Crippen LogP) is -1.62. The third-order valence-electron chi connectivity index (χ3n) is 0.401. The van der Waals surface area contributed by atoms with Crippen LogP contribution in [0.5, 0.6) is 0 Å². The molecule has 0 aromatic carbocycles. The number of alkyl halides is 3. The van der Waals surface area contributed by atoms with E-state index in [-0.39, 0.29) is 38.6 Å². The van der Waals surface area contributed by atoms with Gasteiger partial charge in [-0.3, -0.25) is 0 Å². The van der Waals surface area contributed by atoms with Gasteiger partial charge in [-0.05, 0) is 0 Å². The van der Waals surface area contributed by atoms with E-state index in [4.69, 9.17) is 38.9 Å². The first-order valence-corrected chi connectivity index (χ1v) is 7.90. The topological polar surface area (TPSA) is 172 Å². The molecular weight excluding hydrogens is 492 g/mol. The maximum Gasteiger partial charge on any atom is 3.00 e. The van der Waals surface area contributed by atoms with E-state index in [2.05, 4.69) is 0 Å². The second-order valence-electron chi connectivity index (χ2n) is 2.00. The van der Waals surface area contributed by atoms with Crippen LogP contribution in [0.25, 0.3) is 0 Å². The zero-order chi connectivity index (χ0) is 15.6. The number of hydrogen-bond donors (Lipinski definition) is 0. The molecule has 16 heteroatoms. The molecule has 0 spiro atoms. The van der Waals surface area contributed by atoms with Crippen LogP contribution in [-0.4, -0.2) is 56.9 Å². The van der Waals surface area contributed by atoms with Crippen molar-refractivity contribution < 1.29 is 90.7 Å². The summed E-state index contributed by atoms with van der Waals surface area (Å²) in [6, 6.07) is -5.44. The van der Waals surface area contributed by atoms with Crippen molar-refractivity contribution in [1.82, 2.24) is 0 Å². The smallest absolute Gasteiger partial charge is 0.746 e. The molecule has 0 rings (SSSR count). The fourth-order valence-corrected chi connectivity index (χ4v) is 0. The monoisotopic (exact) mass is 498 g/mol. The second-order valence-corrected chi connectivity index (χ2v) is 6.00. The Hall–Kier alpha value is 0.806. The first kappa shape index (κ1) is 28.0. The van der Waals surface area contributed by atoms with Crippen LogP contribution in [0.15, 0.2) is 0 Å². The van der Waals surface area contributed by atoms with Crippen molar-refractivity contribution in [3.05, 3.63) is 0 Å². The minimum absolute atomic E-state index is 0. The molecule has 0 saturated heterocycles. The van der Waals surface area contributed by atoms with E-state index < -0.39 is 48.4 Å². The summed E-state index contributed by atoms with van der Waals surface area (Å²) < 4.78 is 113. The average Bonchev–Trinajstić information content (AvgIpc) is 2.16. The SMILES string of the molecule is O=S(=O)([O-])CF.O=S(=O)([O-])CF.O=S(=O)([O-])CF.[Tb+3]. The fraction of sp³-hybridized carbons (Fsp3) is 1.00. The fourth-order valence-electron chi connectivity index (χ4n) is 0. The minimum Gasteiger partial charge on any atom is -0.746 e. The summed E-state index contributed by atoms with van der Waals surface area (Å²) in [4.78, 5) is 0. The van der Waals surface area contributed by atoms with Crippen molar-refractivity contribution in [3.8, 4) is 0 Å². The van der Waals surface area contributed by atoms with Gasteiger partial charge in [0.05, 0.1) is 0 Å². The Morgan fingerprint density at radius 3 is 0.632 bits per heavy atom. The Kier molecular flexibility index (Phi) is 18.5. The Balaban J connectivity index is -0.0000000865. The molecule has 0 saturated carbocycles. The molecule has 0 heterocycles. The van der Waals surface area contributed by atoms with Crippen molar-refractivity contribution in [1.29, 1.82) is 0 Å². The average molecular weight is 498 g/mol. The van der Waals surface area contributed by atoms with E-state index in [1.54, 1.807) is 0 Å². The van der Waals surface area contributed by atoms with Gasteiger partial charge in [0.25, 0.3) is 0 Å². The molecule has 0 aliphatic rings. The molecule has 0 unspecified atom stereocenters. The van der Waals surface area contributed by atoms with Gasteiger partial charge >= 0.3 is 38.6 Å². The Bertz CT molecular complexity index is 420. The third kappa shape index (κ3) is 55.2. The number of halogens is 3. The van der Waals surface area contributed by atoms with Gasteiger partial charge in [0.15, 0.2) is 18.0 Å². The molecular formula is C3H6F3O9S3Tb. The first-order chi connectivity index (χ1) is 7.68. The summed E-state index contributed by atoms with van der Waals surface area (Å²) in [6.07, 6.45) is 0. The molecule has 0 aromatic heterocycles. The molecule has 0 amide bonds. The van der Waals surface area contributed by atoms with E-state index in [0.29, 0.717) is 0 Å². The second kappa shape index (κ2) is 12.5. The first-order valence-electron chi connectivity index (χ1n) is 3.17. The summed E-state index contributed by atoms with van der Waals surface area (Å²) >= 11 is 0. The van der Waals surface area contributed by atoms with E-state index in [1.165, 1.54) is 0 Å². The van der Waals surface area contributed by atoms with Gasteiger partial charge in [-0.15, -0.1) is 0 Å². The van der Waals surface area contributed by atoms with E-state index in [9.17, 15) is 13.2 Å². The maximum atomic E-state index is 10.6. The van der Waals surface area contributed by atoms with Crippen LogP contribution in [0.2, 0.25) is 0 Å². The molecule has 9 nitrogen and oxygen atoms in total. The zero-order valence-electron chi connectivity index (χ0n) is 8.49. The Morgan fingerprint density at radius 2 is 0.632 bits per heavy atom. The summed E-state index contributed by atoms with van der Waals surface area (Å²) in [6.45, 7) is 0. The molecule has 0 radical (unpaired) electrons.